The van der Waals surface area contributed by atoms with Crippen molar-refractivity contribution in [1.82, 2.24) is 0 Å². The SMILES string of the molecule is CCCC[C@H](N)c1ccccc1OC.Cl. The van der Waals surface area contributed by atoms with Crippen LogP contribution in [0.15, 0.2) is 24.3 Å². The highest BCUT2D eigenvalue weighted by molar-refractivity contribution is 5.85. The largest absolute Gasteiger partial charge is 0.496 e. The molecule has 1 rings (SSSR count). The van der Waals surface area contributed by atoms with E-state index in [4.69, 9.17) is 10.5 Å². The predicted molar refractivity (Wildman–Crippen MR) is 66.7 cm³/mol. The fourth-order valence-corrected chi connectivity index (χ4v) is 1.55. The average Bonchev–Trinajstić information content (AvgIpc) is 2.25. The van der Waals surface area contributed by atoms with E-state index in [9.17, 15) is 0 Å². The fraction of sp³-hybridized carbons (Fsp3) is 0.500. The molecule has 0 heterocycles. The van der Waals surface area contributed by atoms with E-state index in [0.717, 1.165) is 17.7 Å². The van der Waals surface area contributed by atoms with Gasteiger partial charge in [0.2, 0.25) is 0 Å². The molecule has 15 heavy (non-hydrogen) atoms. The zero-order chi connectivity index (χ0) is 10.4. The number of ether oxygens (including phenoxy) is 1. The normalized spacial score (nSPS) is 11.7. The van der Waals surface area contributed by atoms with Crippen LogP contribution in [-0.2, 0) is 0 Å². The molecule has 0 spiro atoms. The standard InChI is InChI=1S/C12H19NO.ClH/c1-3-4-8-11(13)10-7-5-6-9-12(10)14-2;/h5-7,9,11H,3-4,8,13H2,1-2H3;1H/t11-;/m0./s1. The molecular weight excluding hydrogens is 210 g/mol. The van der Waals surface area contributed by atoms with Crippen LogP contribution in [0.3, 0.4) is 0 Å². The Labute approximate surface area is 98.2 Å². The van der Waals surface area contributed by atoms with Gasteiger partial charge in [0.05, 0.1) is 7.11 Å². The number of hydrogen-bond acceptors (Lipinski definition) is 2. The highest BCUT2D eigenvalue weighted by atomic mass is 35.5. The molecule has 2 N–H and O–H groups in total. The first-order valence-electron chi connectivity index (χ1n) is 5.18. The lowest BCUT2D eigenvalue weighted by molar-refractivity contribution is 0.403. The quantitative estimate of drug-likeness (QED) is 0.841. The van der Waals surface area contributed by atoms with E-state index in [2.05, 4.69) is 6.92 Å². The first kappa shape index (κ1) is 14.3. The van der Waals surface area contributed by atoms with E-state index >= 15 is 0 Å². The number of hydrogen-bond donors (Lipinski definition) is 1. The predicted octanol–water partition coefficient (Wildman–Crippen LogP) is 3.31. The monoisotopic (exact) mass is 229 g/mol. The summed E-state index contributed by atoms with van der Waals surface area (Å²) in [5.41, 5.74) is 7.19. The van der Waals surface area contributed by atoms with E-state index < -0.39 is 0 Å². The number of methoxy groups -OCH3 is 1. The molecule has 0 saturated carbocycles. The van der Waals surface area contributed by atoms with E-state index in [1.807, 2.05) is 24.3 Å². The van der Waals surface area contributed by atoms with Crippen molar-refractivity contribution in [1.29, 1.82) is 0 Å². The zero-order valence-corrected chi connectivity index (χ0v) is 10.2. The van der Waals surface area contributed by atoms with Crippen LogP contribution >= 0.6 is 12.4 Å². The summed E-state index contributed by atoms with van der Waals surface area (Å²) in [6.45, 7) is 2.18. The van der Waals surface area contributed by atoms with Gasteiger partial charge in [-0.05, 0) is 12.5 Å². The van der Waals surface area contributed by atoms with Crippen LogP contribution in [0.4, 0.5) is 0 Å². The summed E-state index contributed by atoms with van der Waals surface area (Å²) in [7, 11) is 1.69. The lowest BCUT2D eigenvalue weighted by atomic mass is 10.0. The lowest BCUT2D eigenvalue weighted by Gasteiger charge is -2.14. The van der Waals surface area contributed by atoms with Gasteiger partial charge in [0.15, 0.2) is 0 Å². The van der Waals surface area contributed by atoms with Gasteiger partial charge in [-0.2, -0.15) is 0 Å². The van der Waals surface area contributed by atoms with E-state index in [0.29, 0.717) is 0 Å². The van der Waals surface area contributed by atoms with Crippen molar-refractivity contribution in [3.8, 4) is 5.75 Å². The molecule has 0 fully saturated rings. The minimum absolute atomic E-state index is 0. The number of nitrogens with two attached hydrogens (primary N) is 1. The van der Waals surface area contributed by atoms with Gasteiger partial charge in [0.25, 0.3) is 0 Å². The maximum absolute atomic E-state index is 6.08. The third-order valence-electron chi connectivity index (χ3n) is 2.41. The van der Waals surface area contributed by atoms with Crippen LogP contribution in [0, 0.1) is 0 Å². The maximum atomic E-state index is 6.08. The fourth-order valence-electron chi connectivity index (χ4n) is 1.55. The molecule has 0 aliphatic rings. The molecule has 0 aliphatic carbocycles. The van der Waals surface area contributed by atoms with Crippen molar-refractivity contribution < 1.29 is 4.74 Å². The van der Waals surface area contributed by atoms with Crippen LogP contribution in [0.1, 0.15) is 37.8 Å². The Hall–Kier alpha value is -0.730. The second kappa shape index (κ2) is 7.55. The van der Waals surface area contributed by atoms with Crippen molar-refractivity contribution in [3.63, 3.8) is 0 Å². The second-order valence-electron chi connectivity index (χ2n) is 3.49. The first-order valence-corrected chi connectivity index (χ1v) is 5.18. The summed E-state index contributed by atoms with van der Waals surface area (Å²) >= 11 is 0. The molecule has 1 atom stereocenters. The highest BCUT2D eigenvalue weighted by Crippen LogP contribution is 2.26. The van der Waals surface area contributed by atoms with Crippen LogP contribution < -0.4 is 10.5 Å². The van der Waals surface area contributed by atoms with Gasteiger partial charge in [-0.15, -0.1) is 12.4 Å². The molecule has 0 unspecified atom stereocenters. The second-order valence-corrected chi connectivity index (χ2v) is 3.49. The molecule has 86 valence electrons. The summed E-state index contributed by atoms with van der Waals surface area (Å²) in [4.78, 5) is 0. The van der Waals surface area contributed by atoms with Gasteiger partial charge >= 0.3 is 0 Å². The van der Waals surface area contributed by atoms with Gasteiger partial charge in [-0.1, -0.05) is 38.0 Å². The zero-order valence-electron chi connectivity index (χ0n) is 9.40. The van der Waals surface area contributed by atoms with Gasteiger partial charge < -0.3 is 10.5 Å². The minimum atomic E-state index is 0. The highest BCUT2D eigenvalue weighted by Gasteiger charge is 2.09. The Kier molecular flexibility index (Phi) is 7.18. The van der Waals surface area contributed by atoms with Crippen LogP contribution in [0.25, 0.3) is 0 Å². The number of rotatable bonds is 5. The number of para-hydroxylation sites is 1. The van der Waals surface area contributed by atoms with Gasteiger partial charge in [0.1, 0.15) is 5.75 Å². The number of benzene rings is 1. The van der Waals surface area contributed by atoms with Crippen molar-refractivity contribution in [2.45, 2.75) is 32.2 Å². The Bertz CT molecular complexity index is 278. The lowest BCUT2D eigenvalue weighted by Crippen LogP contribution is -2.11. The first-order chi connectivity index (χ1) is 6.79. The molecule has 0 bridgehead atoms. The topological polar surface area (TPSA) is 35.2 Å². The average molecular weight is 230 g/mol. The van der Waals surface area contributed by atoms with Crippen LogP contribution in [0.5, 0.6) is 5.75 Å². The molecule has 1 aromatic rings. The third kappa shape index (κ3) is 4.10. The summed E-state index contributed by atoms with van der Waals surface area (Å²) < 4.78 is 5.27. The summed E-state index contributed by atoms with van der Waals surface area (Å²) in [6, 6.07) is 8.07. The molecule has 0 amide bonds. The Morgan fingerprint density at radius 3 is 2.60 bits per heavy atom. The molecule has 0 aromatic heterocycles. The Morgan fingerprint density at radius 1 is 1.33 bits per heavy atom. The molecule has 1 aromatic carbocycles. The van der Waals surface area contributed by atoms with E-state index in [-0.39, 0.29) is 18.4 Å². The molecule has 0 saturated heterocycles. The summed E-state index contributed by atoms with van der Waals surface area (Å²) in [5, 5.41) is 0. The van der Waals surface area contributed by atoms with Gasteiger partial charge in [-0.3, -0.25) is 0 Å². The van der Waals surface area contributed by atoms with Crippen LogP contribution in [0.2, 0.25) is 0 Å². The van der Waals surface area contributed by atoms with Crippen molar-refractivity contribution in [2.75, 3.05) is 7.11 Å². The van der Waals surface area contributed by atoms with Crippen molar-refractivity contribution in [3.05, 3.63) is 29.8 Å². The van der Waals surface area contributed by atoms with Crippen LogP contribution in [-0.4, -0.2) is 7.11 Å². The molecule has 0 radical (unpaired) electrons. The molecule has 0 aliphatic heterocycles. The van der Waals surface area contributed by atoms with Gasteiger partial charge in [0, 0.05) is 11.6 Å². The molecular formula is C12H20ClNO. The van der Waals surface area contributed by atoms with E-state index in [1.54, 1.807) is 7.11 Å². The van der Waals surface area contributed by atoms with Crippen molar-refractivity contribution >= 4 is 12.4 Å². The minimum Gasteiger partial charge on any atom is -0.496 e. The summed E-state index contributed by atoms with van der Waals surface area (Å²) in [6.07, 6.45) is 3.37. The van der Waals surface area contributed by atoms with Gasteiger partial charge in [-0.25, -0.2) is 0 Å². The summed E-state index contributed by atoms with van der Waals surface area (Å²) in [5.74, 6) is 0.899. The number of unbranched alkanes of at least 4 members (excludes halogenated alkanes) is 1. The third-order valence-corrected chi connectivity index (χ3v) is 2.41. The Balaban J connectivity index is 0.00000196. The van der Waals surface area contributed by atoms with Crippen molar-refractivity contribution in [2.24, 2.45) is 5.73 Å². The maximum Gasteiger partial charge on any atom is 0.123 e. The van der Waals surface area contributed by atoms with E-state index in [1.165, 1.54) is 12.8 Å². The number of halogens is 1. The molecule has 2 nitrogen and oxygen atoms in total. The smallest absolute Gasteiger partial charge is 0.123 e. The molecule has 3 heteroatoms. The Morgan fingerprint density at radius 2 is 2.00 bits per heavy atom.